The van der Waals surface area contributed by atoms with Gasteiger partial charge in [-0.1, -0.05) is 0 Å². The minimum absolute atomic E-state index is 0.493. The van der Waals surface area contributed by atoms with E-state index in [1.807, 2.05) is 36.3 Å². The van der Waals surface area contributed by atoms with Crippen LogP contribution >= 0.6 is 0 Å². The molecule has 11 heteroatoms. The Morgan fingerprint density at radius 3 is 1.77 bits per heavy atom. The zero-order valence-corrected chi connectivity index (χ0v) is 14.1. The smallest absolute Gasteiger partial charge is 0.229 e. The second kappa shape index (κ2) is 6.93. The molecule has 0 aliphatic heterocycles. The lowest BCUT2D eigenvalue weighted by Gasteiger charge is -2.31. The molecule has 0 aliphatic carbocycles. The molecule has 0 bridgehead atoms. The van der Waals surface area contributed by atoms with E-state index in [2.05, 4.69) is 25.5 Å². The summed E-state index contributed by atoms with van der Waals surface area (Å²) in [4.78, 5) is 6.42. The van der Waals surface area contributed by atoms with Crippen LogP contribution in [0.5, 0.6) is 0 Å². The summed E-state index contributed by atoms with van der Waals surface area (Å²) in [6.45, 7) is 2.60. The van der Waals surface area contributed by atoms with E-state index in [1.165, 1.54) is 4.79 Å². The van der Waals surface area contributed by atoms with Gasteiger partial charge in [0.05, 0.1) is 43.4 Å². The van der Waals surface area contributed by atoms with E-state index in [-0.39, 0.29) is 0 Å². The van der Waals surface area contributed by atoms with Gasteiger partial charge >= 0.3 is 0 Å². The van der Waals surface area contributed by atoms with Gasteiger partial charge in [-0.2, -0.15) is 39.6 Å². The van der Waals surface area contributed by atoms with Crippen molar-refractivity contribution in [2.45, 2.75) is 6.92 Å². The van der Waals surface area contributed by atoms with Gasteiger partial charge in [-0.25, -0.2) is 5.01 Å². The van der Waals surface area contributed by atoms with Gasteiger partial charge in [-0.3, -0.25) is 0 Å². The van der Waals surface area contributed by atoms with Crippen LogP contribution in [0.3, 0.4) is 0 Å². The van der Waals surface area contributed by atoms with Gasteiger partial charge in [0.15, 0.2) is 0 Å². The second-order valence-corrected chi connectivity index (χ2v) is 5.11. The average molecular weight is 351 g/mol. The first-order valence-corrected chi connectivity index (χ1v) is 8.03. The summed E-state index contributed by atoms with van der Waals surface area (Å²) in [7, 11) is 0. The SMILES string of the molecule is CCN(C(=Nn1cccn1)N(n1cccn1)n1cccn1)n1cccn1. The van der Waals surface area contributed by atoms with Gasteiger partial charge < -0.3 is 0 Å². The fourth-order valence-electron chi connectivity index (χ4n) is 2.41. The quantitative estimate of drug-likeness (QED) is 0.381. The summed E-state index contributed by atoms with van der Waals surface area (Å²) in [6, 6.07) is 7.30. The zero-order valence-electron chi connectivity index (χ0n) is 14.1. The number of guanidine groups is 1. The van der Waals surface area contributed by atoms with Gasteiger partial charge in [-0.05, 0) is 31.2 Å². The molecule has 4 heterocycles. The van der Waals surface area contributed by atoms with Crippen LogP contribution in [0.15, 0.2) is 78.9 Å². The molecule has 0 spiro atoms. The monoisotopic (exact) mass is 351 g/mol. The molecule has 0 unspecified atom stereocenters. The Morgan fingerprint density at radius 2 is 1.31 bits per heavy atom. The fourth-order valence-corrected chi connectivity index (χ4v) is 2.41. The highest BCUT2D eigenvalue weighted by molar-refractivity contribution is 5.96. The van der Waals surface area contributed by atoms with Crippen LogP contribution < -0.4 is 10.1 Å². The Morgan fingerprint density at radius 1 is 0.769 bits per heavy atom. The molecule has 132 valence electrons. The van der Waals surface area contributed by atoms with Crippen LogP contribution in [-0.2, 0) is 0 Å². The van der Waals surface area contributed by atoms with Crippen molar-refractivity contribution in [2.75, 3.05) is 16.7 Å². The Bertz CT molecular complexity index is 886. The maximum Gasteiger partial charge on any atom is 0.284 e. The summed E-state index contributed by atoms with van der Waals surface area (Å²) in [6.07, 6.45) is 13.9. The van der Waals surface area contributed by atoms with E-state index in [0.717, 1.165) is 0 Å². The van der Waals surface area contributed by atoms with Crippen molar-refractivity contribution in [3.8, 4) is 0 Å². The van der Waals surface area contributed by atoms with Crippen molar-refractivity contribution in [3.63, 3.8) is 0 Å². The van der Waals surface area contributed by atoms with Gasteiger partial charge in [-0.15, -0.1) is 10.2 Å². The molecule has 4 rings (SSSR count). The highest BCUT2D eigenvalue weighted by Gasteiger charge is 2.24. The van der Waals surface area contributed by atoms with E-state index >= 15 is 0 Å². The predicted molar refractivity (Wildman–Crippen MR) is 94.1 cm³/mol. The fraction of sp³-hybridized carbons (Fsp3) is 0.133. The lowest BCUT2D eigenvalue weighted by molar-refractivity contribution is 0.493. The first-order valence-electron chi connectivity index (χ1n) is 8.03. The minimum atomic E-state index is 0.493. The molecule has 4 aromatic rings. The number of hydrogen-bond donors (Lipinski definition) is 0. The van der Waals surface area contributed by atoms with Crippen molar-refractivity contribution in [2.24, 2.45) is 5.10 Å². The van der Waals surface area contributed by atoms with Crippen molar-refractivity contribution in [1.29, 1.82) is 0 Å². The molecule has 0 saturated carbocycles. The molecule has 0 N–H and O–H groups in total. The van der Waals surface area contributed by atoms with E-state index in [1.54, 1.807) is 68.9 Å². The van der Waals surface area contributed by atoms with Gasteiger partial charge in [0.2, 0.25) is 0 Å². The van der Waals surface area contributed by atoms with Crippen LogP contribution in [0, 0.1) is 0 Å². The Labute approximate surface area is 148 Å². The number of aromatic nitrogens is 8. The largest absolute Gasteiger partial charge is 0.284 e. The lowest BCUT2D eigenvalue weighted by atomic mass is 10.7. The van der Waals surface area contributed by atoms with Gasteiger partial charge in [0.25, 0.3) is 5.96 Å². The first-order chi connectivity index (χ1) is 12.9. The van der Waals surface area contributed by atoms with Crippen LogP contribution in [0.1, 0.15) is 6.92 Å². The van der Waals surface area contributed by atoms with Gasteiger partial charge in [0.1, 0.15) is 0 Å². The highest BCUT2D eigenvalue weighted by atomic mass is 15.9. The van der Waals surface area contributed by atoms with Crippen molar-refractivity contribution in [1.82, 2.24) is 39.6 Å². The van der Waals surface area contributed by atoms with Gasteiger partial charge in [0, 0.05) is 12.7 Å². The molecule has 0 fully saturated rings. The maximum atomic E-state index is 4.65. The molecule has 0 radical (unpaired) electrons. The summed E-state index contributed by atoms with van der Waals surface area (Å²) >= 11 is 0. The number of nitrogens with zero attached hydrogens (tertiary/aromatic N) is 11. The normalized spacial score (nSPS) is 11.7. The number of rotatable bonds is 5. The van der Waals surface area contributed by atoms with Crippen molar-refractivity contribution in [3.05, 3.63) is 73.8 Å². The summed E-state index contributed by atoms with van der Waals surface area (Å²) in [5.41, 5.74) is 0. The third kappa shape index (κ3) is 2.92. The van der Waals surface area contributed by atoms with Crippen LogP contribution in [0.2, 0.25) is 0 Å². The van der Waals surface area contributed by atoms with Crippen LogP contribution in [-0.4, -0.2) is 52.1 Å². The Balaban J connectivity index is 1.88. The van der Waals surface area contributed by atoms with E-state index in [4.69, 9.17) is 0 Å². The molecule has 0 atom stereocenters. The predicted octanol–water partition coefficient (Wildman–Crippen LogP) is 0.351. The highest BCUT2D eigenvalue weighted by Crippen LogP contribution is 2.03. The topological polar surface area (TPSA) is 90.1 Å². The lowest BCUT2D eigenvalue weighted by Crippen LogP contribution is -2.57. The second-order valence-electron chi connectivity index (χ2n) is 5.11. The molecule has 4 aromatic heterocycles. The third-order valence-electron chi connectivity index (χ3n) is 3.50. The van der Waals surface area contributed by atoms with E-state index < -0.39 is 0 Å². The third-order valence-corrected chi connectivity index (χ3v) is 3.50. The molecular weight excluding hydrogens is 334 g/mol. The standard InChI is InChI=1S/C15H17N11/c1-2-21(23-12-4-8-17-23)15(20-22-11-3-7-16-22)26(24-13-5-9-18-24)25-14-6-10-19-25/h3-14H,2H2,1H3. The van der Waals surface area contributed by atoms with Crippen LogP contribution in [0.25, 0.3) is 0 Å². The summed E-state index contributed by atoms with van der Waals surface area (Å²) in [5.74, 6) is 0.493. The van der Waals surface area contributed by atoms with Crippen LogP contribution in [0.4, 0.5) is 0 Å². The van der Waals surface area contributed by atoms with Crippen molar-refractivity contribution < 1.29 is 0 Å². The van der Waals surface area contributed by atoms with Crippen molar-refractivity contribution >= 4 is 5.96 Å². The maximum absolute atomic E-state index is 4.65. The number of hydrogen-bond acceptors (Lipinski definition) is 5. The average Bonchev–Trinajstić information content (AvgIpc) is 3.44. The van der Waals surface area contributed by atoms with E-state index in [9.17, 15) is 0 Å². The zero-order chi connectivity index (χ0) is 17.8. The summed E-state index contributed by atoms with van der Waals surface area (Å²) in [5, 5.41) is 25.4. The molecule has 0 saturated heterocycles. The molecule has 26 heavy (non-hydrogen) atoms. The molecule has 0 aromatic carbocycles. The minimum Gasteiger partial charge on any atom is -0.229 e. The van der Waals surface area contributed by atoms with E-state index in [0.29, 0.717) is 12.5 Å². The Hall–Kier alpha value is -3.89. The molecule has 11 nitrogen and oxygen atoms in total. The molecule has 0 aliphatic rings. The molecular formula is C15H17N11. The summed E-state index contributed by atoms with van der Waals surface area (Å²) < 4.78 is 0. The first kappa shape index (κ1) is 15.6. The molecule has 0 amide bonds. The Kier molecular flexibility index (Phi) is 4.16.